The number of rotatable bonds is 8. The molecule has 1 atom stereocenters. The number of halogens is 1. The van der Waals surface area contributed by atoms with Crippen LogP contribution >= 0.6 is 11.6 Å². The van der Waals surface area contributed by atoms with Crippen LogP contribution in [0.15, 0.2) is 60.7 Å². The van der Waals surface area contributed by atoms with Crippen LogP contribution in [-0.2, 0) is 22.4 Å². The fourth-order valence-corrected chi connectivity index (χ4v) is 5.25. The van der Waals surface area contributed by atoms with E-state index in [0.717, 1.165) is 29.7 Å². The molecule has 2 heterocycles. The van der Waals surface area contributed by atoms with Gasteiger partial charge in [0.1, 0.15) is 5.82 Å². The predicted molar refractivity (Wildman–Crippen MR) is 139 cm³/mol. The summed E-state index contributed by atoms with van der Waals surface area (Å²) < 4.78 is 0. The quantitative estimate of drug-likeness (QED) is 0.364. The Morgan fingerprint density at radius 1 is 1.14 bits per heavy atom. The molecule has 180 valence electrons. The van der Waals surface area contributed by atoms with E-state index in [1.165, 1.54) is 16.3 Å². The van der Waals surface area contributed by atoms with Crippen molar-refractivity contribution in [2.24, 2.45) is 0 Å². The Kier molecular flexibility index (Phi) is 6.48. The van der Waals surface area contributed by atoms with Gasteiger partial charge in [-0.1, -0.05) is 54.1 Å². The van der Waals surface area contributed by atoms with Gasteiger partial charge < -0.3 is 15.2 Å². The van der Waals surface area contributed by atoms with E-state index >= 15 is 0 Å². The maximum absolute atomic E-state index is 13.0. The van der Waals surface area contributed by atoms with Gasteiger partial charge in [-0.15, -0.1) is 0 Å². The third-order valence-corrected chi connectivity index (χ3v) is 7.30. The first-order valence-corrected chi connectivity index (χ1v) is 12.4. The van der Waals surface area contributed by atoms with Crippen molar-refractivity contribution in [2.75, 3.05) is 13.6 Å². The maximum atomic E-state index is 13.0. The van der Waals surface area contributed by atoms with Crippen molar-refractivity contribution in [2.45, 2.75) is 44.1 Å². The molecule has 2 amide bonds. The zero-order valence-corrected chi connectivity index (χ0v) is 20.6. The van der Waals surface area contributed by atoms with Crippen LogP contribution in [0.3, 0.4) is 0 Å². The van der Waals surface area contributed by atoms with Gasteiger partial charge in [0, 0.05) is 43.4 Å². The number of carbonyl (C=O) groups excluding carboxylic acids is 2. The standard InChI is InChI=1S/C28H29ClN4O2/c1-33(16-13-25-30-23-10-9-21(29)17-24(23)31-25)27(35)12-15-28(14-11-26(34)32-28)18-20-7-4-6-19-5-2-3-8-22(19)20/h2-10,17H,11-16,18H2,1H3,(H,30,31)(H,32,34)/t28-/m1/s1. The van der Waals surface area contributed by atoms with Crippen LogP contribution in [0.5, 0.6) is 0 Å². The molecule has 0 saturated carbocycles. The van der Waals surface area contributed by atoms with E-state index in [-0.39, 0.29) is 11.8 Å². The molecule has 7 heteroatoms. The van der Waals surface area contributed by atoms with Crippen LogP contribution in [0.4, 0.5) is 0 Å². The summed E-state index contributed by atoms with van der Waals surface area (Å²) in [6.07, 6.45) is 3.61. The molecule has 0 radical (unpaired) electrons. The lowest BCUT2D eigenvalue weighted by molar-refractivity contribution is -0.130. The summed E-state index contributed by atoms with van der Waals surface area (Å²) >= 11 is 6.06. The molecule has 4 aromatic rings. The molecular weight excluding hydrogens is 460 g/mol. The number of likely N-dealkylation sites (N-methyl/N-ethyl adjacent to an activating group) is 1. The summed E-state index contributed by atoms with van der Waals surface area (Å²) in [5.41, 5.74) is 2.58. The van der Waals surface area contributed by atoms with Crippen molar-refractivity contribution >= 4 is 45.2 Å². The molecule has 0 spiro atoms. The highest BCUT2D eigenvalue weighted by Gasteiger charge is 2.38. The van der Waals surface area contributed by atoms with Crippen molar-refractivity contribution < 1.29 is 9.59 Å². The summed E-state index contributed by atoms with van der Waals surface area (Å²) in [5.74, 6) is 0.969. The summed E-state index contributed by atoms with van der Waals surface area (Å²) in [4.78, 5) is 34.8. The van der Waals surface area contributed by atoms with E-state index in [0.29, 0.717) is 37.3 Å². The Hall–Kier alpha value is -3.38. The SMILES string of the molecule is CN(CCc1nc2ccc(Cl)cc2[nH]1)C(=O)CC[C@@]1(Cc2cccc3ccccc23)CCC(=O)N1. The highest BCUT2D eigenvalue weighted by Crippen LogP contribution is 2.32. The van der Waals surface area contributed by atoms with Gasteiger partial charge in [0.15, 0.2) is 0 Å². The smallest absolute Gasteiger partial charge is 0.222 e. The lowest BCUT2D eigenvalue weighted by Crippen LogP contribution is -2.44. The van der Waals surface area contributed by atoms with Gasteiger partial charge in [0.2, 0.25) is 11.8 Å². The molecule has 0 bridgehead atoms. The Morgan fingerprint density at radius 3 is 2.80 bits per heavy atom. The number of amides is 2. The Bertz CT molecular complexity index is 1390. The number of hydrogen-bond acceptors (Lipinski definition) is 3. The molecule has 5 rings (SSSR count). The van der Waals surface area contributed by atoms with Crippen LogP contribution < -0.4 is 5.32 Å². The lowest BCUT2D eigenvalue weighted by Gasteiger charge is -2.30. The lowest BCUT2D eigenvalue weighted by atomic mass is 9.83. The number of nitrogens with one attached hydrogen (secondary N) is 2. The van der Waals surface area contributed by atoms with Gasteiger partial charge in [-0.3, -0.25) is 9.59 Å². The van der Waals surface area contributed by atoms with Crippen molar-refractivity contribution in [3.8, 4) is 0 Å². The van der Waals surface area contributed by atoms with Gasteiger partial charge >= 0.3 is 0 Å². The van der Waals surface area contributed by atoms with E-state index in [1.54, 1.807) is 4.90 Å². The van der Waals surface area contributed by atoms with Crippen LogP contribution in [0.2, 0.25) is 5.02 Å². The molecule has 3 aromatic carbocycles. The Balaban J connectivity index is 1.23. The van der Waals surface area contributed by atoms with E-state index in [1.807, 2.05) is 37.4 Å². The molecular formula is C28H29ClN4O2. The summed E-state index contributed by atoms with van der Waals surface area (Å²) in [5, 5.41) is 6.27. The molecule has 1 saturated heterocycles. The molecule has 2 N–H and O–H groups in total. The number of aromatic nitrogens is 2. The average molecular weight is 489 g/mol. The predicted octanol–water partition coefficient (Wildman–Crippen LogP) is 5.04. The zero-order chi connectivity index (χ0) is 24.4. The van der Waals surface area contributed by atoms with Gasteiger partial charge in [-0.2, -0.15) is 0 Å². The van der Waals surface area contributed by atoms with Gasteiger partial charge in [-0.05, 0) is 53.8 Å². The monoisotopic (exact) mass is 488 g/mol. The first-order valence-electron chi connectivity index (χ1n) is 12.1. The average Bonchev–Trinajstić information content (AvgIpc) is 3.43. The number of hydrogen-bond donors (Lipinski definition) is 2. The number of carbonyl (C=O) groups is 2. The molecule has 0 unspecified atom stereocenters. The number of fused-ring (bicyclic) bond motifs is 2. The Labute approximate surface area is 209 Å². The molecule has 1 aliphatic heterocycles. The largest absolute Gasteiger partial charge is 0.350 e. The summed E-state index contributed by atoms with van der Waals surface area (Å²) in [6, 6.07) is 20.2. The second-order valence-electron chi connectivity index (χ2n) is 9.55. The number of nitrogens with zero attached hydrogens (tertiary/aromatic N) is 2. The summed E-state index contributed by atoms with van der Waals surface area (Å²) in [7, 11) is 1.83. The third-order valence-electron chi connectivity index (χ3n) is 7.06. The first kappa shape index (κ1) is 23.4. The fraction of sp³-hybridized carbons (Fsp3) is 0.321. The van der Waals surface area contributed by atoms with Gasteiger partial charge in [0.25, 0.3) is 0 Å². The van der Waals surface area contributed by atoms with E-state index in [9.17, 15) is 9.59 Å². The topological polar surface area (TPSA) is 78.1 Å². The maximum Gasteiger partial charge on any atom is 0.222 e. The normalized spacial score (nSPS) is 17.7. The van der Waals surface area contributed by atoms with Crippen LogP contribution in [0, 0.1) is 0 Å². The summed E-state index contributed by atoms with van der Waals surface area (Å²) in [6.45, 7) is 0.565. The highest BCUT2D eigenvalue weighted by atomic mass is 35.5. The minimum absolute atomic E-state index is 0.0658. The molecule has 0 aliphatic carbocycles. The molecule has 1 fully saturated rings. The minimum Gasteiger partial charge on any atom is -0.350 e. The number of aromatic amines is 1. The zero-order valence-electron chi connectivity index (χ0n) is 19.8. The second kappa shape index (κ2) is 9.70. The number of imidazole rings is 1. The first-order chi connectivity index (χ1) is 16.9. The second-order valence-corrected chi connectivity index (χ2v) is 9.99. The fourth-order valence-electron chi connectivity index (χ4n) is 5.08. The molecule has 35 heavy (non-hydrogen) atoms. The van der Waals surface area contributed by atoms with Gasteiger partial charge in [0.05, 0.1) is 11.0 Å². The van der Waals surface area contributed by atoms with E-state index in [4.69, 9.17) is 11.6 Å². The van der Waals surface area contributed by atoms with Crippen molar-refractivity contribution in [3.63, 3.8) is 0 Å². The van der Waals surface area contributed by atoms with Crippen LogP contribution in [0.1, 0.15) is 37.1 Å². The van der Waals surface area contributed by atoms with Crippen molar-refractivity contribution in [1.29, 1.82) is 0 Å². The van der Waals surface area contributed by atoms with Crippen LogP contribution in [-0.4, -0.2) is 45.8 Å². The van der Waals surface area contributed by atoms with Crippen LogP contribution in [0.25, 0.3) is 21.8 Å². The number of benzene rings is 3. The molecule has 1 aromatic heterocycles. The van der Waals surface area contributed by atoms with E-state index in [2.05, 4.69) is 45.6 Å². The minimum atomic E-state index is -0.393. The van der Waals surface area contributed by atoms with E-state index < -0.39 is 5.54 Å². The molecule has 1 aliphatic rings. The highest BCUT2D eigenvalue weighted by molar-refractivity contribution is 6.31. The van der Waals surface area contributed by atoms with Crippen molar-refractivity contribution in [1.82, 2.24) is 20.2 Å². The third kappa shape index (κ3) is 5.17. The molecule has 6 nitrogen and oxygen atoms in total. The van der Waals surface area contributed by atoms with Crippen molar-refractivity contribution in [3.05, 3.63) is 77.1 Å². The Morgan fingerprint density at radius 2 is 1.97 bits per heavy atom. The van der Waals surface area contributed by atoms with Gasteiger partial charge in [-0.25, -0.2) is 4.98 Å². The number of H-pyrrole nitrogens is 1.